The van der Waals surface area contributed by atoms with Gasteiger partial charge in [-0.25, -0.2) is 13.8 Å². The molecule has 0 amide bonds. The van der Waals surface area contributed by atoms with Gasteiger partial charge in [0, 0.05) is 53.4 Å². The van der Waals surface area contributed by atoms with Crippen LogP contribution in [0, 0.1) is 11.6 Å². The van der Waals surface area contributed by atoms with E-state index in [4.69, 9.17) is 9.72 Å². The molecule has 0 aliphatic carbocycles. The number of hydrogen-bond acceptors (Lipinski definition) is 2. The van der Waals surface area contributed by atoms with Gasteiger partial charge in [-0.3, -0.25) is 4.57 Å². The molecule has 0 N–H and O–H groups in total. The summed E-state index contributed by atoms with van der Waals surface area (Å²) in [6.45, 7) is 15.6. The minimum absolute atomic E-state index is 0.0527. The number of hydrogen-bond donors (Lipinski definition) is 0. The zero-order valence-corrected chi connectivity index (χ0v) is 37.7. The summed E-state index contributed by atoms with van der Waals surface area (Å²) < 4.78 is 42.6. The molecular weight excluding hydrogens is 807 g/mol. The van der Waals surface area contributed by atoms with Crippen molar-refractivity contribution in [3.8, 4) is 39.6 Å². The molecule has 1 aliphatic rings. The Labute approximate surface area is 378 Å². The number of fused-ring (bicyclic) bond motifs is 4. The average molecular weight is 857 g/mol. The molecule has 7 heteroatoms. The predicted molar refractivity (Wildman–Crippen MR) is 264 cm³/mol. The molecule has 0 unspecified atom stereocenters. The molecule has 9 aromatic rings. The number of rotatable bonds is 9. The van der Waals surface area contributed by atoms with Crippen LogP contribution in [-0.2, 0) is 5.41 Å². The molecule has 0 bridgehead atoms. The topological polar surface area (TPSA) is 33.1 Å². The number of pyridine rings is 1. The van der Waals surface area contributed by atoms with Gasteiger partial charge in [0.05, 0.1) is 22.7 Å². The van der Waals surface area contributed by atoms with Crippen LogP contribution < -0.4 is 13.9 Å². The van der Waals surface area contributed by atoms with E-state index in [0.29, 0.717) is 22.6 Å². The van der Waals surface area contributed by atoms with Gasteiger partial charge in [0.15, 0.2) is 0 Å². The second-order valence-electron chi connectivity index (χ2n) is 18.6. The molecule has 7 aromatic carbocycles. The van der Waals surface area contributed by atoms with Crippen molar-refractivity contribution in [3.63, 3.8) is 0 Å². The van der Waals surface area contributed by atoms with Crippen LogP contribution in [0.3, 0.4) is 0 Å². The van der Waals surface area contributed by atoms with E-state index in [1.54, 1.807) is 0 Å². The van der Waals surface area contributed by atoms with Crippen molar-refractivity contribution < 1.29 is 13.5 Å². The quantitative estimate of drug-likeness (QED) is 0.136. The van der Waals surface area contributed by atoms with Crippen molar-refractivity contribution in [2.24, 2.45) is 0 Å². The summed E-state index contributed by atoms with van der Waals surface area (Å²) in [6, 6.07) is 55.1. The lowest BCUT2D eigenvalue weighted by Gasteiger charge is -2.20. The Bertz CT molecular complexity index is 3370. The summed E-state index contributed by atoms with van der Waals surface area (Å²) in [6.07, 6.45) is 1.90. The highest BCUT2D eigenvalue weighted by Crippen LogP contribution is 2.45. The second kappa shape index (κ2) is 16.3. The van der Waals surface area contributed by atoms with Gasteiger partial charge in [-0.05, 0) is 114 Å². The molecule has 320 valence electrons. The zero-order chi connectivity index (χ0) is 45.1. The number of ether oxygens (including phenoxy) is 1. The second-order valence-corrected chi connectivity index (χ2v) is 18.6. The van der Waals surface area contributed by atoms with E-state index in [2.05, 4.69) is 155 Å². The molecular formula is C58H50F2N4O+2. The van der Waals surface area contributed by atoms with Crippen LogP contribution in [-0.4, -0.2) is 15.6 Å². The van der Waals surface area contributed by atoms with Crippen molar-refractivity contribution in [1.29, 1.82) is 0 Å². The number of aromatic nitrogens is 2. The highest BCUT2D eigenvalue weighted by molar-refractivity contribution is 6.09. The van der Waals surface area contributed by atoms with E-state index in [1.165, 1.54) is 34.4 Å². The first kappa shape index (κ1) is 41.5. The third-order valence-corrected chi connectivity index (χ3v) is 12.4. The first-order valence-corrected chi connectivity index (χ1v) is 22.3. The average Bonchev–Trinajstić information content (AvgIpc) is 3.84. The van der Waals surface area contributed by atoms with Gasteiger partial charge in [-0.2, -0.15) is 0 Å². The van der Waals surface area contributed by atoms with Crippen LogP contribution in [0.15, 0.2) is 164 Å². The fourth-order valence-corrected chi connectivity index (χ4v) is 9.26. The van der Waals surface area contributed by atoms with E-state index in [-0.39, 0.29) is 17.3 Å². The summed E-state index contributed by atoms with van der Waals surface area (Å²) in [5.41, 5.74) is 12.4. The first-order chi connectivity index (χ1) is 31.3. The lowest BCUT2D eigenvalue weighted by atomic mass is 9.85. The number of halogens is 2. The number of nitrogens with zero attached hydrogens (tertiary/aromatic N) is 4. The molecule has 0 saturated heterocycles. The largest absolute Gasteiger partial charge is 0.503 e. The predicted octanol–water partition coefficient (Wildman–Crippen LogP) is 16.0. The molecule has 0 radical (unpaired) electrons. The van der Waals surface area contributed by atoms with Crippen LogP contribution in [0.5, 0.6) is 11.5 Å². The van der Waals surface area contributed by atoms with Crippen LogP contribution in [0.25, 0.3) is 49.9 Å². The van der Waals surface area contributed by atoms with Gasteiger partial charge in [-0.1, -0.05) is 109 Å². The fourth-order valence-electron chi connectivity index (χ4n) is 9.26. The Balaban J connectivity index is 1.19. The van der Waals surface area contributed by atoms with Gasteiger partial charge in [-0.15, -0.1) is 0 Å². The van der Waals surface area contributed by atoms with Crippen molar-refractivity contribution in [2.75, 3.05) is 0 Å². The lowest BCUT2D eigenvalue weighted by Crippen LogP contribution is -2.12. The molecule has 65 heavy (non-hydrogen) atoms. The molecule has 3 heterocycles. The summed E-state index contributed by atoms with van der Waals surface area (Å²) in [5.74, 6) is 1.45. The zero-order valence-electron chi connectivity index (χ0n) is 37.7. The van der Waals surface area contributed by atoms with Crippen molar-refractivity contribution in [3.05, 3.63) is 192 Å². The van der Waals surface area contributed by atoms with E-state index in [9.17, 15) is 8.78 Å². The van der Waals surface area contributed by atoms with Crippen molar-refractivity contribution in [1.82, 2.24) is 18.7 Å². The Morgan fingerprint density at radius 2 is 1.22 bits per heavy atom. The Morgan fingerprint density at radius 3 is 1.92 bits per heavy atom. The lowest BCUT2D eigenvalue weighted by molar-refractivity contribution is 0.483. The maximum Gasteiger partial charge on any atom is 0.503 e. The summed E-state index contributed by atoms with van der Waals surface area (Å²) in [5, 5.41) is 2.25. The molecule has 10 rings (SSSR count). The van der Waals surface area contributed by atoms with Crippen LogP contribution in [0.1, 0.15) is 77.0 Å². The number of benzene rings is 7. The van der Waals surface area contributed by atoms with Gasteiger partial charge < -0.3 is 4.74 Å². The molecule has 0 saturated carbocycles. The third-order valence-electron chi connectivity index (χ3n) is 12.4. The SMILES string of the molecule is CC(C)c1cccc(C(C)C)c1-c1cc(Oc2ccc3c4ccccc4n(-c4cc(C(C)(C)C)ccn4)c3c2)cc([N+]2=C=[N+](c3ccccc3-c3cc(F)cc(F)c3)c3ccccc32)c1. The summed E-state index contributed by atoms with van der Waals surface area (Å²) in [7, 11) is 0. The van der Waals surface area contributed by atoms with E-state index in [1.807, 2.05) is 59.3 Å². The molecule has 0 spiro atoms. The molecule has 5 nitrogen and oxygen atoms in total. The standard InChI is InChI=1S/C58H50F2N4O/c1-36(2)46-17-14-18-47(37(3)4)57(46)39-29-43(62-35-63(54-22-13-12-21-53(54)62)51-19-10-8-15-48(51)38-27-41(59)32-42(60)28-38)33-45(30-39)65-44-23-24-50-49-16-9-11-20-52(49)64(55(50)34-44)56-31-40(25-26-61-56)58(5,6)7/h8-34,36-37H,1-7H3/q+2. The monoisotopic (exact) mass is 856 g/mol. The first-order valence-electron chi connectivity index (χ1n) is 22.3. The van der Waals surface area contributed by atoms with Gasteiger partial charge in [0.25, 0.3) is 11.4 Å². The molecule has 1 aliphatic heterocycles. The highest BCUT2D eigenvalue weighted by Gasteiger charge is 2.38. The van der Waals surface area contributed by atoms with Gasteiger partial charge in [0.2, 0.25) is 11.4 Å². The third kappa shape index (κ3) is 7.62. The highest BCUT2D eigenvalue weighted by atomic mass is 19.1. The summed E-state index contributed by atoms with van der Waals surface area (Å²) in [4.78, 5) is 4.90. The number of para-hydroxylation sites is 4. The maximum atomic E-state index is 14.7. The maximum absolute atomic E-state index is 14.7. The summed E-state index contributed by atoms with van der Waals surface area (Å²) >= 11 is 0. The Kier molecular flexibility index (Phi) is 10.4. The van der Waals surface area contributed by atoms with E-state index >= 15 is 0 Å². The fraction of sp³-hybridized carbons (Fsp3) is 0.172. The van der Waals surface area contributed by atoms with E-state index < -0.39 is 11.6 Å². The van der Waals surface area contributed by atoms with Crippen LogP contribution >= 0.6 is 0 Å². The Morgan fingerprint density at radius 1 is 0.569 bits per heavy atom. The van der Waals surface area contributed by atoms with Gasteiger partial charge in [0.1, 0.15) is 29.0 Å². The normalized spacial score (nSPS) is 12.6. The van der Waals surface area contributed by atoms with Gasteiger partial charge >= 0.3 is 6.01 Å². The van der Waals surface area contributed by atoms with Crippen molar-refractivity contribution in [2.45, 2.75) is 65.7 Å². The van der Waals surface area contributed by atoms with Crippen LogP contribution in [0.2, 0.25) is 0 Å². The minimum atomic E-state index is -0.634. The molecule has 2 aromatic heterocycles. The molecule has 0 fully saturated rings. The van der Waals surface area contributed by atoms with Crippen molar-refractivity contribution >= 4 is 50.6 Å². The van der Waals surface area contributed by atoms with Crippen LogP contribution in [0.4, 0.5) is 31.5 Å². The Hall–Kier alpha value is -7.47. The molecule has 0 atom stereocenters. The smallest absolute Gasteiger partial charge is 0.457 e. The van der Waals surface area contributed by atoms with E-state index in [0.717, 1.165) is 62.0 Å². The minimum Gasteiger partial charge on any atom is -0.457 e.